The molecule has 0 saturated carbocycles. The van der Waals surface area contributed by atoms with Crippen LogP contribution in [0.1, 0.15) is 0 Å². The fourth-order valence-corrected chi connectivity index (χ4v) is 7.34. The summed E-state index contributed by atoms with van der Waals surface area (Å²) in [6.45, 7) is 0. The quantitative estimate of drug-likeness (QED) is 0.179. The molecule has 0 spiro atoms. The van der Waals surface area contributed by atoms with Crippen molar-refractivity contribution in [3.05, 3.63) is 182 Å². The number of pyridine rings is 1. The first-order chi connectivity index (χ1) is 25.3. The maximum atomic E-state index is 6.58. The van der Waals surface area contributed by atoms with Gasteiger partial charge in [0.05, 0.1) is 16.6 Å². The summed E-state index contributed by atoms with van der Waals surface area (Å²) in [6, 6.07) is 61.5. The van der Waals surface area contributed by atoms with Crippen LogP contribution in [-0.4, -0.2) is 14.5 Å². The van der Waals surface area contributed by atoms with Crippen molar-refractivity contribution < 1.29 is 4.42 Å². The Morgan fingerprint density at radius 1 is 0.490 bits per heavy atom. The van der Waals surface area contributed by atoms with Gasteiger partial charge >= 0.3 is 0 Å². The van der Waals surface area contributed by atoms with Gasteiger partial charge < -0.3 is 13.9 Å². The predicted octanol–water partition coefficient (Wildman–Crippen LogP) is 12.3. The van der Waals surface area contributed by atoms with Gasteiger partial charge in [-0.1, -0.05) is 97.1 Å². The summed E-state index contributed by atoms with van der Waals surface area (Å²) >= 11 is 0. The zero-order valence-corrected chi connectivity index (χ0v) is 27.5. The molecule has 0 unspecified atom stereocenters. The summed E-state index contributed by atoms with van der Waals surface area (Å²) < 4.78 is 8.91. The van der Waals surface area contributed by atoms with Crippen LogP contribution in [0.5, 0.6) is 0 Å². The van der Waals surface area contributed by atoms with Crippen LogP contribution in [0.25, 0.3) is 72.1 Å². The fourth-order valence-electron chi connectivity index (χ4n) is 7.34. The molecule has 0 aliphatic carbocycles. The van der Waals surface area contributed by atoms with Gasteiger partial charge in [-0.3, -0.25) is 4.98 Å². The van der Waals surface area contributed by atoms with Gasteiger partial charge in [-0.15, -0.1) is 0 Å². The Bertz CT molecular complexity index is 2760. The van der Waals surface area contributed by atoms with Crippen molar-refractivity contribution in [2.75, 3.05) is 4.90 Å². The Morgan fingerprint density at radius 3 is 1.80 bits per heavy atom. The number of hydrogen-bond acceptors (Lipinski definition) is 4. The van der Waals surface area contributed by atoms with Gasteiger partial charge in [0.1, 0.15) is 5.52 Å². The molecule has 0 amide bonds. The van der Waals surface area contributed by atoms with Crippen molar-refractivity contribution in [1.82, 2.24) is 14.5 Å². The van der Waals surface area contributed by atoms with E-state index in [1.165, 1.54) is 10.8 Å². The second kappa shape index (κ2) is 11.9. The lowest BCUT2D eigenvalue weighted by Crippen LogP contribution is -2.09. The summed E-state index contributed by atoms with van der Waals surface area (Å²) in [4.78, 5) is 12.1. The van der Waals surface area contributed by atoms with E-state index < -0.39 is 0 Å². The number of fused-ring (bicyclic) bond motifs is 6. The minimum atomic E-state index is 0.556. The molecule has 5 nitrogen and oxygen atoms in total. The summed E-state index contributed by atoms with van der Waals surface area (Å²) in [6.07, 6.45) is 1.81. The van der Waals surface area contributed by atoms with E-state index >= 15 is 0 Å². The molecule has 7 aromatic carbocycles. The number of anilines is 3. The summed E-state index contributed by atoms with van der Waals surface area (Å²) in [5.74, 6) is 0.556. The zero-order chi connectivity index (χ0) is 33.7. The smallest absolute Gasteiger partial charge is 0.228 e. The third-order valence-corrected chi connectivity index (χ3v) is 9.67. The van der Waals surface area contributed by atoms with Crippen molar-refractivity contribution in [2.45, 2.75) is 0 Å². The monoisotopic (exact) mass is 654 g/mol. The van der Waals surface area contributed by atoms with Crippen LogP contribution >= 0.6 is 0 Å². The Morgan fingerprint density at radius 2 is 1.12 bits per heavy atom. The molecule has 0 radical (unpaired) electrons. The number of nitrogens with zero attached hydrogens (tertiary/aromatic N) is 4. The summed E-state index contributed by atoms with van der Waals surface area (Å²) in [7, 11) is 0. The zero-order valence-electron chi connectivity index (χ0n) is 27.5. The lowest BCUT2D eigenvalue weighted by atomic mass is 9.98. The fraction of sp³-hybridized carbons (Fsp3) is 0. The van der Waals surface area contributed by atoms with Crippen LogP contribution in [-0.2, 0) is 0 Å². The first kappa shape index (κ1) is 29.0. The molecule has 0 saturated heterocycles. The van der Waals surface area contributed by atoms with Gasteiger partial charge in [0.2, 0.25) is 5.89 Å². The van der Waals surface area contributed by atoms with E-state index in [4.69, 9.17) is 9.40 Å². The minimum absolute atomic E-state index is 0.556. The van der Waals surface area contributed by atoms with Crippen molar-refractivity contribution in [1.29, 1.82) is 0 Å². The molecule has 10 rings (SSSR count). The van der Waals surface area contributed by atoms with E-state index in [0.29, 0.717) is 11.5 Å². The van der Waals surface area contributed by atoms with Crippen LogP contribution in [0.4, 0.5) is 17.1 Å². The van der Waals surface area contributed by atoms with E-state index in [0.717, 1.165) is 66.9 Å². The molecule has 240 valence electrons. The third-order valence-electron chi connectivity index (χ3n) is 9.67. The Balaban J connectivity index is 1.17. The van der Waals surface area contributed by atoms with Crippen molar-refractivity contribution >= 4 is 60.9 Å². The standard InChI is InChI=1S/C46H30N4O/c1-3-13-33(14-4-1)49(34-15-5-2-6-16-34)35-24-21-31(22-25-35)37-27-26-36(50-41-19-9-7-17-38(41)39-18-8-10-20-42(39)50)30-40(37)46-48-45-43(51-46)28-23-32-12-11-29-47-44(32)45/h1-30H. The second-order valence-electron chi connectivity index (χ2n) is 12.7. The lowest BCUT2D eigenvalue weighted by Gasteiger charge is -2.25. The van der Waals surface area contributed by atoms with Crippen LogP contribution in [0.3, 0.4) is 0 Å². The van der Waals surface area contributed by atoms with Gasteiger partial charge in [0.15, 0.2) is 5.58 Å². The average molecular weight is 655 g/mol. The average Bonchev–Trinajstić information content (AvgIpc) is 3.79. The number of oxazole rings is 1. The van der Waals surface area contributed by atoms with Crippen molar-refractivity contribution in [2.24, 2.45) is 0 Å². The number of rotatable bonds is 6. The highest BCUT2D eigenvalue weighted by Crippen LogP contribution is 2.41. The molecule has 0 aliphatic heterocycles. The number of aromatic nitrogens is 3. The SMILES string of the molecule is c1ccc(N(c2ccccc2)c2ccc(-c3ccc(-n4c5ccccc5c5ccccc54)cc3-c3nc4c(ccc5cccnc54)o3)cc2)cc1. The van der Waals surface area contributed by atoms with Crippen LogP contribution in [0, 0.1) is 0 Å². The first-order valence-corrected chi connectivity index (χ1v) is 17.1. The molecule has 3 aromatic heterocycles. The predicted molar refractivity (Wildman–Crippen MR) is 209 cm³/mol. The molecule has 0 aliphatic rings. The highest BCUT2D eigenvalue weighted by atomic mass is 16.3. The summed E-state index contributed by atoms with van der Waals surface area (Å²) in [5, 5.41) is 3.46. The van der Waals surface area contributed by atoms with Gasteiger partial charge in [0, 0.05) is 50.7 Å². The topological polar surface area (TPSA) is 47.1 Å². The first-order valence-electron chi connectivity index (χ1n) is 17.1. The molecular formula is C46H30N4O. The van der Waals surface area contributed by atoms with E-state index in [1.54, 1.807) is 6.20 Å². The number of para-hydroxylation sites is 4. The lowest BCUT2D eigenvalue weighted by molar-refractivity contribution is 0.620. The third kappa shape index (κ3) is 4.86. The Hall–Kier alpha value is -6.98. The van der Waals surface area contributed by atoms with E-state index in [-0.39, 0.29) is 0 Å². The van der Waals surface area contributed by atoms with Crippen LogP contribution in [0.2, 0.25) is 0 Å². The molecule has 10 aromatic rings. The van der Waals surface area contributed by atoms with Gasteiger partial charge in [-0.05, 0) is 90.0 Å². The van der Waals surface area contributed by atoms with Crippen LogP contribution in [0.15, 0.2) is 187 Å². The van der Waals surface area contributed by atoms with Gasteiger partial charge in [-0.2, -0.15) is 0 Å². The largest absolute Gasteiger partial charge is 0.436 e. The van der Waals surface area contributed by atoms with Crippen molar-refractivity contribution in [3.63, 3.8) is 0 Å². The normalized spacial score (nSPS) is 11.5. The molecule has 0 bridgehead atoms. The van der Waals surface area contributed by atoms with E-state index in [9.17, 15) is 0 Å². The highest BCUT2D eigenvalue weighted by Gasteiger charge is 2.20. The molecule has 0 atom stereocenters. The molecule has 51 heavy (non-hydrogen) atoms. The molecule has 0 fully saturated rings. The van der Waals surface area contributed by atoms with Crippen LogP contribution < -0.4 is 4.90 Å². The second-order valence-corrected chi connectivity index (χ2v) is 12.7. The molecule has 0 N–H and O–H groups in total. The number of hydrogen-bond donors (Lipinski definition) is 0. The molecule has 3 heterocycles. The molecule has 5 heteroatoms. The Kier molecular flexibility index (Phi) is 6.74. The van der Waals surface area contributed by atoms with Crippen molar-refractivity contribution in [3.8, 4) is 28.3 Å². The number of benzene rings is 7. The Labute approximate surface area is 294 Å². The maximum absolute atomic E-state index is 6.58. The maximum Gasteiger partial charge on any atom is 0.228 e. The summed E-state index contributed by atoms with van der Waals surface area (Å²) in [5.41, 5.74) is 11.9. The minimum Gasteiger partial charge on any atom is -0.436 e. The van der Waals surface area contributed by atoms with E-state index in [2.05, 4.69) is 160 Å². The molecular weight excluding hydrogens is 625 g/mol. The van der Waals surface area contributed by atoms with Gasteiger partial charge in [-0.25, -0.2) is 4.98 Å². The van der Waals surface area contributed by atoms with E-state index in [1.807, 2.05) is 30.3 Å². The van der Waals surface area contributed by atoms with Gasteiger partial charge in [0.25, 0.3) is 0 Å². The highest BCUT2D eigenvalue weighted by molar-refractivity contribution is 6.09.